The highest BCUT2D eigenvalue weighted by molar-refractivity contribution is 6.04. The summed E-state index contributed by atoms with van der Waals surface area (Å²) in [6.07, 6.45) is 2.41. The van der Waals surface area contributed by atoms with Crippen LogP contribution in [-0.4, -0.2) is 42.5 Å². The van der Waals surface area contributed by atoms with Crippen LogP contribution in [0, 0.1) is 0 Å². The van der Waals surface area contributed by atoms with Gasteiger partial charge in [0.05, 0.1) is 18.8 Å². The average Bonchev–Trinajstić information content (AvgIpc) is 3.07. The molecule has 1 aromatic carbocycles. The van der Waals surface area contributed by atoms with Gasteiger partial charge < -0.3 is 20.3 Å². The van der Waals surface area contributed by atoms with Crippen molar-refractivity contribution in [2.45, 2.75) is 13.0 Å². The molecule has 25 heavy (non-hydrogen) atoms. The molecular formula is C18H20N4O3. The van der Waals surface area contributed by atoms with Crippen molar-refractivity contribution >= 4 is 17.6 Å². The van der Waals surface area contributed by atoms with Crippen LogP contribution >= 0.6 is 0 Å². The predicted octanol–water partition coefficient (Wildman–Crippen LogP) is 2.04. The molecule has 0 unspecified atom stereocenters. The number of nitrogens with zero attached hydrogens (tertiary/aromatic N) is 2. The normalized spacial score (nSPS) is 12.1. The molecule has 0 saturated heterocycles. The van der Waals surface area contributed by atoms with E-state index < -0.39 is 0 Å². The number of rotatable bonds is 4. The number of ether oxygens (including phenoxy) is 1. The summed E-state index contributed by atoms with van der Waals surface area (Å²) in [6.45, 7) is 0.938. The van der Waals surface area contributed by atoms with Gasteiger partial charge in [-0.3, -0.25) is 9.78 Å². The molecule has 1 aliphatic heterocycles. The Balaban J connectivity index is 1.66. The number of pyridine rings is 1. The molecule has 0 radical (unpaired) electrons. The number of carbonyl (C=O) groups excluding carboxylic acids is 2. The number of benzene rings is 1. The summed E-state index contributed by atoms with van der Waals surface area (Å²) in [6, 6.07) is 8.72. The summed E-state index contributed by atoms with van der Waals surface area (Å²) < 4.78 is 5.46. The van der Waals surface area contributed by atoms with Crippen LogP contribution in [0.5, 0.6) is 5.75 Å². The van der Waals surface area contributed by atoms with E-state index >= 15 is 0 Å². The first-order chi connectivity index (χ1) is 12.0. The molecule has 0 fully saturated rings. The minimum Gasteiger partial charge on any atom is -0.493 e. The largest absolute Gasteiger partial charge is 0.493 e. The molecule has 130 valence electrons. The lowest BCUT2D eigenvalue weighted by molar-refractivity contribution is 0.102. The van der Waals surface area contributed by atoms with Gasteiger partial charge >= 0.3 is 6.03 Å². The first-order valence-corrected chi connectivity index (χ1v) is 8.00. The molecular weight excluding hydrogens is 320 g/mol. The monoisotopic (exact) mass is 340 g/mol. The van der Waals surface area contributed by atoms with Crippen LogP contribution in [0.25, 0.3) is 0 Å². The second-order valence-electron chi connectivity index (χ2n) is 5.96. The van der Waals surface area contributed by atoms with Crippen molar-refractivity contribution in [2.24, 2.45) is 0 Å². The van der Waals surface area contributed by atoms with E-state index in [-0.39, 0.29) is 18.5 Å². The molecule has 2 heterocycles. The molecule has 0 atom stereocenters. The molecule has 0 aliphatic carbocycles. The highest BCUT2D eigenvalue weighted by Crippen LogP contribution is 2.28. The molecule has 2 aromatic rings. The zero-order chi connectivity index (χ0) is 17.8. The Labute approximate surface area is 146 Å². The second kappa shape index (κ2) is 7.21. The van der Waals surface area contributed by atoms with Crippen molar-refractivity contribution in [2.75, 3.05) is 26.0 Å². The van der Waals surface area contributed by atoms with Crippen LogP contribution in [0.2, 0.25) is 0 Å². The second-order valence-corrected chi connectivity index (χ2v) is 5.96. The molecule has 2 N–H and O–H groups in total. The van der Waals surface area contributed by atoms with Crippen molar-refractivity contribution in [1.29, 1.82) is 0 Å². The molecule has 0 bridgehead atoms. The highest BCUT2D eigenvalue weighted by Gasteiger charge is 2.14. The van der Waals surface area contributed by atoms with E-state index in [4.69, 9.17) is 4.74 Å². The summed E-state index contributed by atoms with van der Waals surface area (Å²) in [5.74, 6) is 0.655. The summed E-state index contributed by atoms with van der Waals surface area (Å²) in [7, 11) is 3.32. The number of amides is 3. The first-order valence-electron chi connectivity index (χ1n) is 8.00. The van der Waals surface area contributed by atoms with Gasteiger partial charge in [0.25, 0.3) is 5.91 Å². The maximum absolute atomic E-state index is 12.4. The number of hydrogen-bond acceptors (Lipinski definition) is 4. The highest BCUT2D eigenvalue weighted by atomic mass is 16.5. The van der Waals surface area contributed by atoms with E-state index in [0.717, 1.165) is 23.4 Å². The Morgan fingerprint density at radius 1 is 1.24 bits per heavy atom. The van der Waals surface area contributed by atoms with E-state index in [1.807, 2.05) is 18.2 Å². The summed E-state index contributed by atoms with van der Waals surface area (Å²) in [4.78, 5) is 29.6. The smallest absolute Gasteiger partial charge is 0.317 e. The Kier molecular flexibility index (Phi) is 4.83. The van der Waals surface area contributed by atoms with E-state index in [1.54, 1.807) is 32.4 Å². The number of hydrogen-bond donors (Lipinski definition) is 2. The van der Waals surface area contributed by atoms with Gasteiger partial charge in [0.2, 0.25) is 0 Å². The SMILES string of the molecule is CN(C)C(=O)NCc1cc(C(=O)Nc2ccc3c(c2)CCO3)ccn1. The minimum atomic E-state index is -0.221. The van der Waals surface area contributed by atoms with Gasteiger partial charge in [0.1, 0.15) is 5.75 Å². The van der Waals surface area contributed by atoms with Gasteiger partial charge in [-0.1, -0.05) is 0 Å². The summed E-state index contributed by atoms with van der Waals surface area (Å²) >= 11 is 0. The Hall–Kier alpha value is -3.09. The van der Waals surface area contributed by atoms with Crippen molar-refractivity contribution in [3.8, 4) is 5.75 Å². The third-order valence-electron chi connectivity index (χ3n) is 3.85. The maximum Gasteiger partial charge on any atom is 0.317 e. The number of urea groups is 1. The zero-order valence-corrected chi connectivity index (χ0v) is 14.2. The lowest BCUT2D eigenvalue weighted by Gasteiger charge is -2.12. The van der Waals surface area contributed by atoms with Crippen molar-refractivity contribution < 1.29 is 14.3 Å². The number of carbonyl (C=O) groups is 2. The number of fused-ring (bicyclic) bond motifs is 1. The molecule has 1 aliphatic rings. The molecule has 0 saturated carbocycles. The maximum atomic E-state index is 12.4. The van der Waals surface area contributed by atoms with E-state index in [2.05, 4.69) is 15.6 Å². The third-order valence-corrected chi connectivity index (χ3v) is 3.85. The predicted molar refractivity (Wildman–Crippen MR) is 93.8 cm³/mol. The Bertz CT molecular complexity index is 805. The fourth-order valence-electron chi connectivity index (χ4n) is 2.51. The number of nitrogens with one attached hydrogen (secondary N) is 2. The quantitative estimate of drug-likeness (QED) is 0.892. The molecule has 1 aromatic heterocycles. The number of aromatic nitrogens is 1. The van der Waals surface area contributed by atoms with Gasteiger partial charge in [-0.15, -0.1) is 0 Å². The van der Waals surface area contributed by atoms with Crippen LogP contribution in [0.4, 0.5) is 10.5 Å². The van der Waals surface area contributed by atoms with Crippen molar-refractivity contribution in [3.63, 3.8) is 0 Å². The van der Waals surface area contributed by atoms with E-state index in [0.29, 0.717) is 17.9 Å². The van der Waals surface area contributed by atoms with Gasteiger partial charge in [0.15, 0.2) is 0 Å². The standard InChI is InChI=1S/C18H20N4O3/c1-22(2)18(24)20-11-15-10-13(5-7-19-15)17(23)21-14-3-4-16-12(9-14)6-8-25-16/h3-5,7,9-10H,6,8,11H2,1-2H3,(H,20,24)(H,21,23). The lowest BCUT2D eigenvalue weighted by atomic mass is 10.1. The third kappa shape index (κ3) is 4.06. The van der Waals surface area contributed by atoms with E-state index in [9.17, 15) is 9.59 Å². The molecule has 3 rings (SSSR count). The minimum absolute atomic E-state index is 0.211. The summed E-state index contributed by atoms with van der Waals surface area (Å²) in [5, 5.41) is 5.60. The Morgan fingerprint density at radius 2 is 2.08 bits per heavy atom. The number of anilines is 1. The van der Waals surface area contributed by atoms with Crippen molar-refractivity contribution in [3.05, 3.63) is 53.3 Å². The topological polar surface area (TPSA) is 83.6 Å². The van der Waals surface area contributed by atoms with Gasteiger partial charge in [-0.25, -0.2) is 4.79 Å². The van der Waals surface area contributed by atoms with Crippen LogP contribution in [0.3, 0.4) is 0 Å². The van der Waals surface area contributed by atoms with E-state index in [1.165, 1.54) is 4.90 Å². The summed E-state index contributed by atoms with van der Waals surface area (Å²) in [5.41, 5.74) is 2.93. The van der Waals surface area contributed by atoms with Crippen molar-refractivity contribution in [1.82, 2.24) is 15.2 Å². The van der Waals surface area contributed by atoms with Crippen LogP contribution < -0.4 is 15.4 Å². The zero-order valence-electron chi connectivity index (χ0n) is 14.2. The van der Waals surface area contributed by atoms with Gasteiger partial charge in [-0.05, 0) is 35.9 Å². The molecule has 7 nitrogen and oxygen atoms in total. The molecule has 0 spiro atoms. The van der Waals surface area contributed by atoms with Crippen LogP contribution in [-0.2, 0) is 13.0 Å². The van der Waals surface area contributed by atoms with Crippen LogP contribution in [0.15, 0.2) is 36.5 Å². The molecule has 3 amide bonds. The average molecular weight is 340 g/mol. The Morgan fingerprint density at radius 3 is 2.88 bits per heavy atom. The fourth-order valence-corrected chi connectivity index (χ4v) is 2.51. The van der Waals surface area contributed by atoms with Gasteiger partial charge in [-0.2, -0.15) is 0 Å². The lowest BCUT2D eigenvalue weighted by Crippen LogP contribution is -2.34. The molecule has 7 heteroatoms. The van der Waals surface area contributed by atoms with Crippen LogP contribution in [0.1, 0.15) is 21.6 Å². The first kappa shape index (κ1) is 16.8. The fraction of sp³-hybridized carbons (Fsp3) is 0.278. The van der Waals surface area contributed by atoms with Gasteiger partial charge in [0, 0.05) is 38.0 Å².